The monoisotopic (exact) mass is 430 g/mol. The van der Waals surface area contributed by atoms with Crippen molar-refractivity contribution in [3.63, 3.8) is 0 Å². The molecule has 30 heavy (non-hydrogen) atoms. The topological polar surface area (TPSA) is 101 Å². The minimum absolute atomic E-state index is 0.242. The standard InChI is InChI=1S/C19H16F2N6O2S/c1-19(2,21)18-26-25-15(29-18)17(28)27-7-6-10-13(23-8-22-10)14(27)16-24-12-9(20)4-3-5-11(12)30-16/h3-5,8,14H,6-7H2,1-2H3,(H,22,23)/t14-/m0/s1. The normalized spacial score (nSPS) is 16.8. The van der Waals surface area contributed by atoms with Crippen molar-refractivity contribution in [2.24, 2.45) is 0 Å². The second-order valence-electron chi connectivity index (χ2n) is 7.44. The van der Waals surface area contributed by atoms with Gasteiger partial charge in [-0.05, 0) is 26.0 Å². The Balaban J connectivity index is 1.59. The molecular formula is C19H16F2N6O2S. The Morgan fingerprint density at radius 1 is 1.37 bits per heavy atom. The first-order chi connectivity index (χ1) is 14.3. The first-order valence-corrected chi connectivity index (χ1v) is 10.1. The molecule has 3 aromatic heterocycles. The lowest BCUT2D eigenvalue weighted by Crippen LogP contribution is -2.41. The summed E-state index contributed by atoms with van der Waals surface area (Å²) in [5.74, 6) is -1.58. The number of carbonyl (C=O) groups excluding carboxylic acids is 1. The summed E-state index contributed by atoms with van der Waals surface area (Å²) in [6.07, 6.45) is 2.09. The first-order valence-electron chi connectivity index (χ1n) is 9.24. The van der Waals surface area contributed by atoms with E-state index in [0.29, 0.717) is 28.4 Å². The third-order valence-corrected chi connectivity index (χ3v) is 6.00. The number of rotatable bonds is 3. The van der Waals surface area contributed by atoms with Gasteiger partial charge in [-0.15, -0.1) is 21.5 Å². The van der Waals surface area contributed by atoms with Gasteiger partial charge in [0.25, 0.3) is 5.89 Å². The van der Waals surface area contributed by atoms with Crippen molar-refractivity contribution >= 4 is 27.5 Å². The van der Waals surface area contributed by atoms with Crippen LogP contribution < -0.4 is 0 Å². The lowest BCUT2D eigenvalue weighted by molar-refractivity contribution is 0.0639. The fourth-order valence-corrected chi connectivity index (χ4v) is 4.57. The molecule has 0 radical (unpaired) electrons. The van der Waals surface area contributed by atoms with Crippen molar-refractivity contribution in [1.29, 1.82) is 0 Å². The van der Waals surface area contributed by atoms with Crippen LogP contribution in [-0.4, -0.2) is 42.5 Å². The van der Waals surface area contributed by atoms with Crippen LogP contribution in [0, 0.1) is 5.82 Å². The Morgan fingerprint density at radius 2 is 2.20 bits per heavy atom. The van der Waals surface area contributed by atoms with E-state index in [4.69, 9.17) is 4.42 Å². The van der Waals surface area contributed by atoms with Crippen LogP contribution in [0.4, 0.5) is 8.78 Å². The summed E-state index contributed by atoms with van der Waals surface area (Å²) >= 11 is 1.29. The molecule has 11 heteroatoms. The van der Waals surface area contributed by atoms with E-state index in [1.807, 2.05) is 0 Å². The number of halogens is 2. The minimum Gasteiger partial charge on any atom is -0.413 e. The number of nitrogens with zero attached hydrogens (tertiary/aromatic N) is 5. The van der Waals surface area contributed by atoms with Crippen LogP contribution in [0.15, 0.2) is 28.9 Å². The van der Waals surface area contributed by atoms with Crippen molar-refractivity contribution in [2.75, 3.05) is 6.54 Å². The van der Waals surface area contributed by atoms with Gasteiger partial charge >= 0.3 is 11.8 Å². The van der Waals surface area contributed by atoms with Crippen LogP contribution in [-0.2, 0) is 12.1 Å². The van der Waals surface area contributed by atoms with Gasteiger partial charge in [-0.1, -0.05) is 6.07 Å². The molecule has 0 bridgehead atoms. The number of carbonyl (C=O) groups is 1. The fourth-order valence-electron chi connectivity index (χ4n) is 3.47. The Morgan fingerprint density at radius 3 is 2.93 bits per heavy atom. The average molecular weight is 430 g/mol. The highest BCUT2D eigenvalue weighted by Gasteiger charge is 2.39. The molecule has 1 aliphatic rings. The van der Waals surface area contributed by atoms with Crippen LogP contribution in [0.3, 0.4) is 0 Å². The van der Waals surface area contributed by atoms with E-state index in [9.17, 15) is 13.6 Å². The van der Waals surface area contributed by atoms with E-state index in [1.165, 1.54) is 36.2 Å². The highest BCUT2D eigenvalue weighted by atomic mass is 32.1. The molecule has 0 unspecified atom stereocenters. The molecule has 0 saturated carbocycles. The fraction of sp³-hybridized carbons (Fsp3) is 0.316. The highest BCUT2D eigenvalue weighted by molar-refractivity contribution is 7.18. The van der Waals surface area contributed by atoms with E-state index < -0.39 is 23.4 Å². The third kappa shape index (κ3) is 2.96. The van der Waals surface area contributed by atoms with Gasteiger partial charge in [0.05, 0.1) is 16.7 Å². The number of thiazole rings is 1. The van der Waals surface area contributed by atoms with Crippen molar-refractivity contribution in [2.45, 2.75) is 32.0 Å². The number of nitrogens with one attached hydrogen (secondary N) is 1. The van der Waals surface area contributed by atoms with Crippen LogP contribution in [0.25, 0.3) is 10.2 Å². The number of aromatic nitrogens is 5. The van der Waals surface area contributed by atoms with Gasteiger partial charge in [0.15, 0.2) is 5.67 Å². The van der Waals surface area contributed by atoms with Crippen molar-refractivity contribution in [1.82, 2.24) is 30.0 Å². The van der Waals surface area contributed by atoms with Crippen LogP contribution in [0.1, 0.15) is 52.9 Å². The van der Waals surface area contributed by atoms with Gasteiger partial charge in [-0.25, -0.2) is 18.7 Å². The zero-order valence-corrected chi connectivity index (χ0v) is 16.8. The lowest BCUT2D eigenvalue weighted by Gasteiger charge is -2.32. The minimum atomic E-state index is -1.87. The summed E-state index contributed by atoms with van der Waals surface area (Å²) in [6, 6.07) is 4.07. The number of hydrogen-bond acceptors (Lipinski definition) is 7. The third-order valence-electron chi connectivity index (χ3n) is 4.92. The highest BCUT2D eigenvalue weighted by Crippen LogP contribution is 2.38. The molecule has 4 heterocycles. The van der Waals surface area contributed by atoms with E-state index in [-0.39, 0.29) is 17.3 Å². The number of alkyl halides is 1. The zero-order chi connectivity index (χ0) is 21.0. The molecule has 0 aliphatic carbocycles. The Hall–Kier alpha value is -3.21. The quantitative estimate of drug-likeness (QED) is 0.534. The number of aromatic amines is 1. The maximum Gasteiger partial charge on any atom is 0.312 e. The Labute approximate surface area is 173 Å². The maximum absolute atomic E-state index is 14.2. The van der Waals surface area contributed by atoms with E-state index >= 15 is 0 Å². The summed E-state index contributed by atoms with van der Waals surface area (Å²) in [7, 11) is 0. The number of benzene rings is 1. The summed E-state index contributed by atoms with van der Waals surface area (Å²) < 4.78 is 34.3. The zero-order valence-electron chi connectivity index (χ0n) is 16.0. The van der Waals surface area contributed by atoms with Gasteiger partial charge in [-0.2, -0.15) is 0 Å². The predicted octanol–water partition coefficient (Wildman–Crippen LogP) is 3.53. The maximum atomic E-state index is 14.2. The molecular weight excluding hydrogens is 414 g/mol. The number of fused-ring (bicyclic) bond motifs is 2. The predicted molar refractivity (Wildman–Crippen MR) is 103 cm³/mol. The Kier molecular flexibility index (Phi) is 4.17. The number of para-hydroxylation sites is 1. The van der Waals surface area contributed by atoms with Crippen molar-refractivity contribution in [3.05, 3.63) is 58.5 Å². The molecule has 8 nitrogen and oxygen atoms in total. The summed E-state index contributed by atoms with van der Waals surface area (Å²) in [5.41, 5.74) is -0.126. The number of hydrogen-bond donors (Lipinski definition) is 1. The van der Waals surface area contributed by atoms with Crippen molar-refractivity contribution < 1.29 is 18.0 Å². The number of H-pyrrole nitrogens is 1. The summed E-state index contributed by atoms with van der Waals surface area (Å²) in [6.45, 7) is 2.86. The SMILES string of the molecule is CC(C)(F)c1nnc(C(=O)N2CCc3[nH]cnc3[C@H]2c2nc3c(F)cccc3s2)o1. The van der Waals surface area contributed by atoms with Crippen LogP contribution in [0.2, 0.25) is 0 Å². The smallest absolute Gasteiger partial charge is 0.312 e. The number of amides is 1. The molecule has 154 valence electrons. The van der Waals surface area contributed by atoms with Crippen LogP contribution in [0.5, 0.6) is 0 Å². The molecule has 1 amide bonds. The molecule has 5 rings (SSSR count). The van der Waals surface area contributed by atoms with E-state index in [2.05, 4.69) is 25.1 Å². The molecule has 4 aromatic rings. The van der Waals surface area contributed by atoms with Crippen molar-refractivity contribution in [3.8, 4) is 0 Å². The lowest BCUT2D eigenvalue weighted by atomic mass is 10.0. The number of imidazole rings is 1. The molecule has 1 aromatic carbocycles. The second kappa shape index (κ2) is 6.66. The van der Waals surface area contributed by atoms with Gasteiger partial charge in [0, 0.05) is 18.7 Å². The summed E-state index contributed by atoms with van der Waals surface area (Å²) in [5, 5.41) is 7.91. The molecule has 0 saturated heterocycles. The van der Waals surface area contributed by atoms with E-state index in [0.717, 1.165) is 5.69 Å². The average Bonchev–Trinajstić information content (AvgIpc) is 3.44. The Bertz CT molecular complexity index is 1260. The van der Waals surface area contributed by atoms with E-state index in [1.54, 1.807) is 18.5 Å². The molecule has 1 atom stereocenters. The van der Waals surface area contributed by atoms with Gasteiger partial charge in [0.2, 0.25) is 0 Å². The molecule has 1 N–H and O–H groups in total. The molecule has 0 spiro atoms. The van der Waals surface area contributed by atoms with Gasteiger partial charge < -0.3 is 14.3 Å². The van der Waals surface area contributed by atoms with Crippen LogP contribution >= 0.6 is 11.3 Å². The van der Waals surface area contributed by atoms with Gasteiger partial charge in [0.1, 0.15) is 22.4 Å². The first kappa shape index (κ1) is 18.8. The summed E-state index contributed by atoms with van der Waals surface area (Å²) in [4.78, 5) is 26.6. The largest absolute Gasteiger partial charge is 0.413 e. The second-order valence-corrected chi connectivity index (χ2v) is 8.50. The molecule has 1 aliphatic heterocycles. The molecule has 0 fully saturated rings. The van der Waals surface area contributed by atoms with Gasteiger partial charge in [-0.3, -0.25) is 4.79 Å².